The van der Waals surface area contributed by atoms with Gasteiger partial charge in [0.25, 0.3) is 0 Å². The van der Waals surface area contributed by atoms with Gasteiger partial charge < -0.3 is 10.2 Å². The lowest BCUT2D eigenvalue weighted by molar-refractivity contribution is 0.208. The van der Waals surface area contributed by atoms with Gasteiger partial charge >= 0.3 is 0 Å². The Morgan fingerprint density at radius 1 is 1.05 bits per heavy atom. The van der Waals surface area contributed by atoms with Crippen molar-refractivity contribution in [2.75, 3.05) is 26.7 Å². The summed E-state index contributed by atoms with van der Waals surface area (Å²) < 4.78 is 0. The van der Waals surface area contributed by atoms with Crippen LogP contribution in [0.5, 0.6) is 0 Å². The molecular formula is C19H25N3. The first kappa shape index (κ1) is 15.2. The Kier molecular flexibility index (Phi) is 5.20. The molecule has 2 heterocycles. The van der Waals surface area contributed by atoms with Gasteiger partial charge in [-0.2, -0.15) is 0 Å². The number of piperidine rings is 1. The van der Waals surface area contributed by atoms with Gasteiger partial charge in [-0.1, -0.05) is 36.8 Å². The van der Waals surface area contributed by atoms with Gasteiger partial charge in [-0.15, -0.1) is 0 Å². The molecule has 1 saturated heterocycles. The van der Waals surface area contributed by atoms with Crippen molar-refractivity contribution in [3.05, 3.63) is 54.4 Å². The van der Waals surface area contributed by atoms with Crippen LogP contribution in [0.3, 0.4) is 0 Å². The molecule has 1 N–H and O–H groups in total. The average molecular weight is 295 g/mol. The van der Waals surface area contributed by atoms with E-state index >= 15 is 0 Å². The molecule has 1 fully saturated rings. The number of benzene rings is 1. The average Bonchev–Trinajstić information content (AvgIpc) is 2.61. The zero-order chi connectivity index (χ0) is 15.2. The smallest absolute Gasteiger partial charge is 0.0446 e. The third-order valence-electron chi connectivity index (χ3n) is 4.55. The first-order valence-electron chi connectivity index (χ1n) is 8.27. The summed E-state index contributed by atoms with van der Waals surface area (Å²) in [5, 5.41) is 3.47. The monoisotopic (exact) mass is 295 g/mol. The normalized spacial score (nSPS) is 17.3. The predicted octanol–water partition coefficient (Wildman–Crippen LogP) is 3.50. The maximum absolute atomic E-state index is 4.19. The number of hydrogen-bond donors (Lipinski definition) is 1. The second-order valence-electron chi connectivity index (χ2n) is 6.07. The molecule has 0 aliphatic carbocycles. The fraction of sp³-hybridized carbons (Fsp3) is 0.421. The molecule has 0 bridgehead atoms. The lowest BCUT2D eigenvalue weighted by Gasteiger charge is -2.30. The molecule has 0 spiro atoms. The number of aromatic nitrogens is 1. The molecule has 22 heavy (non-hydrogen) atoms. The van der Waals surface area contributed by atoms with E-state index in [4.69, 9.17) is 0 Å². The zero-order valence-electron chi connectivity index (χ0n) is 13.3. The SMILES string of the molecule is CNC(CN1CCCCC1)c1ccc(-c2cccnc2)cc1. The quantitative estimate of drug-likeness (QED) is 0.915. The molecule has 0 saturated carbocycles. The zero-order valence-corrected chi connectivity index (χ0v) is 13.3. The Labute approximate surface area is 133 Å². The van der Waals surface area contributed by atoms with Crippen LogP contribution in [-0.2, 0) is 0 Å². The van der Waals surface area contributed by atoms with Gasteiger partial charge in [0, 0.05) is 25.0 Å². The topological polar surface area (TPSA) is 28.2 Å². The van der Waals surface area contributed by atoms with Crippen molar-refractivity contribution in [1.29, 1.82) is 0 Å². The predicted molar refractivity (Wildman–Crippen MR) is 91.8 cm³/mol. The summed E-state index contributed by atoms with van der Waals surface area (Å²) in [5.74, 6) is 0. The standard InChI is InChI=1S/C19H25N3/c1-20-19(15-22-12-3-2-4-13-22)17-9-7-16(8-10-17)18-6-5-11-21-14-18/h5-11,14,19-20H,2-4,12-13,15H2,1H3. The van der Waals surface area contributed by atoms with Crippen molar-refractivity contribution in [2.45, 2.75) is 25.3 Å². The second-order valence-corrected chi connectivity index (χ2v) is 6.07. The third-order valence-corrected chi connectivity index (χ3v) is 4.55. The van der Waals surface area contributed by atoms with E-state index in [9.17, 15) is 0 Å². The number of hydrogen-bond acceptors (Lipinski definition) is 3. The minimum atomic E-state index is 0.404. The number of nitrogens with one attached hydrogen (secondary N) is 1. The maximum Gasteiger partial charge on any atom is 0.0446 e. The molecule has 0 radical (unpaired) electrons. The van der Waals surface area contributed by atoms with Crippen molar-refractivity contribution in [2.24, 2.45) is 0 Å². The van der Waals surface area contributed by atoms with Crippen LogP contribution in [0.15, 0.2) is 48.8 Å². The van der Waals surface area contributed by atoms with Gasteiger partial charge in [0.05, 0.1) is 0 Å². The number of pyridine rings is 1. The van der Waals surface area contributed by atoms with Crippen molar-refractivity contribution >= 4 is 0 Å². The summed E-state index contributed by atoms with van der Waals surface area (Å²) in [6.45, 7) is 3.58. The highest BCUT2D eigenvalue weighted by atomic mass is 15.1. The minimum absolute atomic E-state index is 0.404. The first-order valence-corrected chi connectivity index (χ1v) is 8.27. The van der Waals surface area contributed by atoms with Crippen LogP contribution in [0, 0.1) is 0 Å². The van der Waals surface area contributed by atoms with Crippen LogP contribution in [-0.4, -0.2) is 36.6 Å². The molecular weight excluding hydrogens is 270 g/mol. The number of rotatable bonds is 5. The third kappa shape index (κ3) is 3.73. The molecule has 3 nitrogen and oxygen atoms in total. The highest BCUT2D eigenvalue weighted by molar-refractivity contribution is 5.62. The van der Waals surface area contributed by atoms with Gasteiger partial charge in [0.2, 0.25) is 0 Å². The highest BCUT2D eigenvalue weighted by Crippen LogP contribution is 2.22. The Morgan fingerprint density at radius 2 is 1.82 bits per heavy atom. The van der Waals surface area contributed by atoms with Gasteiger partial charge in [0.1, 0.15) is 0 Å². The van der Waals surface area contributed by atoms with Crippen molar-refractivity contribution < 1.29 is 0 Å². The van der Waals surface area contributed by atoms with Gasteiger partial charge in [-0.25, -0.2) is 0 Å². The van der Waals surface area contributed by atoms with Gasteiger partial charge in [-0.05, 0) is 55.7 Å². The molecule has 1 atom stereocenters. The summed E-state index contributed by atoms with van der Waals surface area (Å²) in [6.07, 6.45) is 7.80. The molecule has 0 amide bonds. The summed E-state index contributed by atoms with van der Waals surface area (Å²) >= 11 is 0. The fourth-order valence-corrected chi connectivity index (χ4v) is 3.20. The first-order chi connectivity index (χ1) is 10.9. The van der Waals surface area contributed by atoms with Crippen LogP contribution in [0.1, 0.15) is 30.9 Å². The number of likely N-dealkylation sites (N-methyl/N-ethyl adjacent to an activating group) is 1. The largest absolute Gasteiger partial charge is 0.312 e. The van der Waals surface area contributed by atoms with E-state index in [0.29, 0.717) is 6.04 Å². The second kappa shape index (κ2) is 7.52. The lowest BCUT2D eigenvalue weighted by atomic mass is 10.0. The molecule has 1 aromatic carbocycles. The van der Waals surface area contributed by atoms with Crippen molar-refractivity contribution in [3.8, 4) is 11.1 Å². The summed E-state index contributed by atoms with van der Waals surface area (Å²) in [6, 6.07) is 13.4. The van der Waals surface area contributed by atoms with E-state index in [-0.39, 0.29) is 0 Å². The molecule has 116 valence electrons. The molecule has 1 aromatic heterocycles. The Hall–Kier alpha value is -1.71. The Balaban J connectivity index is 1.70. The molecule has 1 unspecified atom stereocenters. The van der Waals surface area contributed by atoms with E-state index in [1.807, 2.05) is 18.5 Å². The fourth-order valence-electron chi connectivity index (χ4n) is 3.20. The molecule has 1 aliphatic rings. The van der Waals surface area contributed by atoms with Crippen LogP contribution < -0.4 is 5.32 Å². The molecule has 3 heteroatoms. The Morgan fingerprint density at radius 3 is 2.45 bits per heavy atom. The number of likely N-dealkylation sites (tertiary alicyclic amines) is 1. The van der Waals surface area contributed by atoms with Crippen LogP contribution in [0.25, 0.3) is 11.1 Å². The summed E-state index contributed by atoms with van der Waals surface area (Å²) in [7, 11) is 2.06. The van der Waals surface area contributed by atoms with E-state index in [1.165, 1.54) is 49.0 Å². The van der Waals surface area contributed by atoms with E-state index in [1.54, 1.807) is 0 Å². The molecule has 3 rings (SSSR count). The van der Waals surface area contributed by atoms with E-state index in [2.05, 4.69) is 52.6 Å². The molecule has 1 aliphatic heterocycles. The minimum Gasteiger partial charge on any atom is -0.312 e. The van der Waals surface area contributed by atoms with E-state index < -0.39 is 0 Å². The maximum atomic E-state index is 4.19. The lowest BCUT2D eigenvalue weighted by Crippen LogP contribution is -2.37. The van der Waals surface area contributed by atoms with Crippen molar-refractivity contribution in [1.82, 2.24) is 15.2 Å². The summed E-state index contributed by atoms with van der Waals surface area (Å²) in [5.41, 5.74) is 3.76. The van der Waals surface area contributed by atoms with Crippen LogP contribution in [0.4, 0.5) is 0 Å². The van der Waals surface area contributed by atoms with Crippen molar-refractivity contribution in [3.63, 3.8) is 0 Å². The Bertz CT molecular complexity index is 559. The van der Waals surface area contributed by atoms with Gasteiger partial charge in [0.15, 0.2) is 0 Å². The highest BCUT2D eigenvalue weighted by Gasteiger charge is 2.16. The van der Waals surface area contributed by atoms with E-state index in [0.717, 1.165) is 6.54 Å². The van der Waals surface area contributed by atoms with Crippen LogP contribution >= 0.6 is 0 Å². The summed E-state index contributed by atoms with van der Waals surface area (Å²) in [4.78, 5) is 6.78. The molecule has 2 aromatic rings. The van der Waals surface area contributed by atoms with Gasteiger partial charge in [-0.3, -0.25) is 4.98 Å². The van der Waals surface area contributed by atoms with Crippen LogP contribution in [0.2, 0.25) is 0 Å². The number of nitrogens with zero attached hydrogens (tertiary/aromatic N) is 2.